The number of sulfonamides is 1. The van der Waals surface area contributed by atoms with Crippen molar-refractivity contribution in [3.05, 3.63) is 15.4 Å². The van der Waals surface area contributed by atoms with Crippen molar-refractivity contribution in [1.29, 1.82) is 0 Å². The van der Waals surface area contributed by atoms with E-state index in [-0.39, 0.29) is 10.3 Å². The normalized spacial score (nSPS) is 23.7. The maximum absolute atomic E-state index is 12.2. The number of hydrogen-bond donors (Lipinski definition) is 2. The second-order valence-corrected chi connectivity index (χ2v) is 9.00. The van der Waals surface area contributed by atoms with Crippen LogP contribution in [0.2, 0.25) is 0 Å². The molecule has 0 amide bonds. The number of carbonyl (C=O) groups is 1. The predicted molar refractivity (Wildman–Crippen MR) is 75.8 cm³/mol. The van der Waals surface area contributed by atoms with Crippen LogP contribution in [0.5, 0.6) is 0 Å². The molecule has 0 aromatic carbocycles. The highest BCUT2D eigenvalue weighted by Gasteiger charge is 2.33. The molecule has 0 saturated heterocycles. The zero-order valence-electron chi connectivity index (χ0n) is 10.2. The molecular weight excluding hydrogens is 354 g/mol. The van der Waals surface area contributed by atoms with E-state index >= 15 is 0 Å². The van der Waals surface area contributed by atoms with Crippen LogP contribution in [0.3, 0.4) is 0 Å². The summed E-state index contributed by atoms with van der Waals surface area (Å²) < 4.78 is 28.0. The van der Waals surface area contributed by atoms with Crippen molar-refractivity contribution in [3.8, 4) is 0 Å². The first kappa shape index (κ1) is 15.0. The molecule has 19 heavy (non-hydrogen) atoms. The Morgan fingerprint density at radius 2 is 2.21 bits per heavy atom. The molecule has 0 bridgehead atoms. The third-order valence-corrected chi connectivity index (χ3v) is 7.33. The zero-order chi connectivity index (χ0) is 14.2. The molecule has 5 nitrogen and oxygen atoms in total. The second kappa shape index (κ2) is 5.51. The summed E-state index contributed by atoms with van der Waals surface area (Å²) >= 11 is 4.46. The van der Waals surface area contributed by atoms with Gasteiger partial charge in [-0.1, -0.05) is 0 Å². The van der Waals surface area contributed by atoms with Crippen LogP contribution in [0.15, 0.2) is 14.1 Å². The minimum absolute atomic E-state index is 0.260. The number of hydrogen-bond acceptors (Lipinski definition) is 4. The monoisotopic (exact) mass is 367 g/mol. The Morgan fingerprint density at radius 1 is 1.53 bits per heavy atom. The van der Waals surface area contributed by atoms with E-state index in [0.717, 1.165) is 20.7 Å². The van der Waals surface area contributed by atoms with E-state index in [1.54, 1.807) is 6.07 Å². The van der Waals surface area contributed by atoms with Crippen LogP contribution < -0.4 is 4.72 Å². The SMILES string of the molecule is Cc1cc(S(=O)(=O)N[C@H]2CC[C@@H](C(=O)O)C2)sc1Br. The van der Waals surface area contributed by atoms with E-state index in [9.17, 15) is 13.2 Å². The van der Waals surface area contributed by atoms with Gasteiger partial charge in [-0.3, -0.25) is 4.79 Å². The van der Waals surface area contributed by atoms with Crippen LogP contribution in [0.1, 0.15) is 24.8 Å². The van der Waals surface area contributed by atoms with Crippen LogP contribution >= 0.6 is 27.3 Å². The van der Waals surface area contributed by atoms with Crippen LogP contribution in [0, 0.1) is 12.8 Å². The molecular formula is C11H14BrNO4S2. The fourth-order valence-corrected chi connectivity index (χ4v) is 5.68. The molecule has 2 atom stereocenters. The number of nitrogens with one attached hydrogen (secondary N) is 1. The van der Waals surface area contributed by atoms with Crippen LogP contribution in [-0.4, -0.2) is 25.5 Å². The van der Waals surface area contributed by atoms with Gasteiger partial charge in [0.15, 0.2) is 0 Å². The quantitative estimate of drug-likeness (QED) is 0.855. The van der Waals surface area contributed by atoms with E-state index in [0.29, 0.717) is 19.3 Å². The first-order valence-corrected chi connectivity index (χ1v) is 8.90. The molecule has 0 spiro atoms. The van der Waals surface area contributed by atoms with Gasteiger partial charge >= 0.3 is 5.97 Å². The van der Waals surface area contributed by atoms with Gasteiger partial charge in [-0.05, 0) is 53.7 Å². The summed E-state index contributed by atoms with van der Waals surface area (Å²) in [5.41, 5.74) is 0.875. The minimum atomic E-state index is -3.55. The Kier molecular flexibility index (Phi) is 4.34. The molecule has 8 heteroatoms. The van der Waals surface area contributed by atoms with Gasteiger partial charge in [0.05, 0.1) is 9.70 Å². The molecule has 1 fully saturated rings. The number of aliphatic carboxylic acids is 1. The summed E-state index contributed by atoms with van der Waals surface area (Å²) in [7, 11) is -3.55. The molecule has 1 aliphatic carbocycles. The summed E-state index contributed by atoms with van der Waals surface area (Å²) in [4.78, 5) is 10.8. The summed E-state index contributed by atoms with van der Waals surface area (Å²) in [6.07, 6.45) is 1.46. The van der Waals surface area contributed by atoms with Crippen LogP contribution in [0.4, 0.5) is 0 Å². The van der Waals surface area contributed by atoms with Crippen LogP contribution in [-0.2, 0) is 14.8 Å². The lowest BCUT2D eigenvalue weighted by atomic mass is 10.1. The van der Waals surface area contributed by atoms with E-state index in [1.165, 1.54) is 0 Å². The Morgan fingerprint density at radius 3 is 2.68 bits per heavy atom. The summed E-state index contributed by atoms with van der Waals surface area (Å²) in [5, 5.41) is 8.90. The summed E-state index contributed by atoms with van der Waals surface area (Å²) in [5.74, 6) is -1.29. The molecule has 0 unspecified atom stereocenters. The van der Waals surface area contributed by atoms with Crippen molar-refractivity contribution in [2.45, 2.75) is 36.4 Å². The number of thiophene rings is 1. The summed E-state index contributed by atoms with van der Waals surface area (Å²) in [6.45, 7) is 1.83. The molecule has 0 radical (unpaired) electrons. The van der Waals surface area contributed by atoms with Crippen molar-refractivity contribution in [1.82, 2.24) is 4.72 Å². The van der Waals surface area contributed by atoms with Crippen molar-refractivity contribution in [3.63, 3.8) is 0 Å². The smallest absolute Gasteiger partial charge is 0.306 e. The molecule has 1 heterocycles. The number of rotatable bonds is 4. The number of carboxylic acids is 1. The lowest BCUT2D eigenvalue weighted by Gasteiger charge is -2.11. The molecule has 1 saturated carbocycles. The molecule has 106 valence electrons. The predicted octanol–water partition coefficient (Wildman–Crippen LogP) is 2.35. The van der Waals surface area contributed by atoms with Crippen molar-refractivity contribution in [2.75, 3.05) is 0 Å². The largest absolute Gasteiger partial charge is 0.481 e. The molecule has 2 N–H and O–H groups in total. The first-order chi connectivity index (χ1) is 8.79. The maximum Gasteiger partial charge on any atom is 0.306 e. The zero-order valence-corrected chi connectivity index (χ0v) is 13.4. The Labute approximate surface area is 124 Å². The molecule has 2 rings (SSSR count). The summed E-state index contributed by atoms with van der Waals surface area (Å²) in [6, 6.07) is 1.33. The molecule has 1 aromatic rings. The fraction of sp³-hybridized carbons (Fsp3) is 0.545. The third-order valence-electron chi connectivity index (χ3n) is 3.20. The maximum atomic E-state index is 12.2. The van der Waals surface area contributed by atoms with Gasteiger partial charge in [-0.25, -0.2) is 13.1 Å². The molecule has 1 aromatic heterocycles. The van der Waals surface area contributed by atoms with Gasteiger partial charge in [0, 0.05) is 6.04 Å². The van der Waals surface area contributed by atoms with E-state index in [4.69, 9.17) is 5.11 Å². The average Bonchev–Trinajstić information content (AvgIpc) is 2.87. The van der Waals surface area contributed by atoms with Crippen molar-refractivity contribution in [2.24, 2.45) is 5.92 Å². The van der Waals surface area contributed by atoms with E-state index < -0.39 is 21.9 Å². The topological polar surface area (TPSA) is 83.5 Å². The highest BCUT2D eigenvalue weighted by Crippen LogP contribution is 2.32. The number of halogens is 1. The van der Waals surface area contributed by atoms with Gasteiger partial charge in [0.25, 0.3) is 0 Å². The standard InChI is InChI=1S/C11H14BrNO4S2/c1-6-4-9(18-10(6)12)19(16,17)13-8-3-2-7(5-8)11(14)15/h4,7-8,13H,2-3,5H2,1H3,(H,14,15)/t7-,8+/m1/s1. The molecule has 0 aliphatic heterocycles. The van der Waals surface area contributed by atoms with Gasteiger partial charge < -0.3 is 5.11 Å². The Bertz CT molecular complexity index is 576. The number of carboxylic acid groups (broad SMARTS) is 1. The number of aryl methyl sites for hydroxylation is 1. The highest BCUT2D eigenvalue weighted by molar-refractivity contribution is 9.11. The van der Waals surface area contributed by atoms with Gasteiger partial charge in [-0.2, -0.15) is 0 Å². The van der Waals surface area contributed by atoms with E-state index in [2.05, 4.69) is 20.7 Å². The van der Waals surface area contributed by atoms with Crippen molar-refractivity contribution >= 4 is 43.3 Å². The Hall–Kier alpha value is -0.440. The third kappa shape index (κ3) is 3.36. The molecule has 1 aliphatic rings. The van der Waals surface area contributed by atoms with Gasteiger partial charge in [0.2, 0.25) is 10.0 Å². The van der Waals surface area contributed by atoms with Gasteiger partial charge in [0.1, 0.15) is 4.21 Å². The Balaban J connectivity index is 2.08. The van der Waals surface area contributed by atoms with Gasteiger partial charge in [-0.15, -0.1) is 11.3 Å². The average molecular weight is 368 g/mol. The fourth-order valence-electron chi connectivity index (χ4n) is 2.15. The van der Waals surface area contributed by atoms with E-state index in [1.807, 2.05) is 6.92 Å². The van der Waals surface area contributed by atoms with Crippen LogP contribution in [0.25, 0.3) is 0 Å². The lowest BCUT2D eigenvalue weighted by Crippen LogP contribution is -2.32. The second-order valence-electron chi connectivity index (χ2n) is 4.69. The lowest BCUT2D eigenvalue weighted by molar-refractivity contribution is -0.141. The van der Waals surface area contributed by atoms with Crippen molar-refractivity contribution < 1.29 is 18.3 Å². The minimum Gasteiger partial charge on any atom is -0.481 e. The highest BCUT2D eigenvalue weighted by atomic mass is 79.9. The first-order valence-electron chi connectivity index (χ1n) is 5.80.